The normalized spacial score (nSPS) is 11.2. The molecule has 1 aromatic rings. The summed E-state index contributed by atoms with van der Waals surface area (Å²) in [5, 5.41) is 19.9. The summed E-state index contributed by atoms with van der Waals surface area (Å²) in [5.41, 5.74) is -0.0711. The van der Waals surface area contributed by atoms with E-state index in [0.717, 1.165) is 6.54 Å². The number of nitrogens with zero attached hydrogens (tertiary/aromatic N) is 1. The number of likely N-dealkylation sites (N-methyl/N-ethyl adjacent to an activating group) is 1. The summed E-state index contributed by atoms with van der Waals surface area (Å²) in [6, 6.07) is 4.66. The molecule has 0 saturated carbocycles. The van der Waals surface area contributed by atoms with Crippen LogP contribution in [0.1, 0.15) is 12.5 Å². The number of carbonyl (C=O) groups excluding carboxylic acids is 1. The number of carbonyl (C=O) groups is 1. The average molecular weight is 339 g/mol. The molecule has 0 radical (unpaired) electrons. The zero-order valence-corrected chi connectivity index (χ0v) is 14.1. The van der Waals surface area contributed by atoms with Crippen molar-refractivity contribution in [3.05, 3.63) is 28.3 Å². The number of hydrogen-bond donors (Lipinski definition) is 1. The van der Waals surface area contributed by atoms with Gasteiger partial charge in [-0.1, -0.05) is 11.6 Å². The van der Waals surface area contributed by atoms with E-state index in [4.69, 9.17) is 26.3 Å². The molecule has 0 spiro atoms. The van der Waals surface area contributed by atoms with E-state index < -0.39 is 11.5 Å². The highest BCUT2D eigenvalue weighted by atomic mass is 35.5. The van der Waals surface area contributed by atoms with Crippen LogP contribution in [0.5, 0.6) is 11.5 Å². The highest BCUT2D eigenvalue weighted by Gasteiger charge is 2.13. The van der Waals surface area contributed by atoms with Crippen LogP contribution in [-0.4, -0.2) is 39.8 Å². The first-order chi connectivity index (χ1) is 10.9. The van der Waals surface area contributed by atoms with Gasteiger partial charge in [0.2, 0.25) is 0 Å². The van der Waals surface area contributed by atoms with Gasteiger partial charge >= 0.3 is 0 Å². The number of carboxylic acid groups (broad SMARTS) is 1. The Balaban J connectivity index is 3.15. The first kappa shape index (κ1) is 18.8. The molecule has 0 atom stereocenters. The van der Waals surface area contributed by atoms with Gasteiger partial charge in [-0.15, -0.1) is 0 Å². The lowest BCUT2D eigenvalue weighted by Crippen LogP contribution is -3.06. The SMILES string of the molecule is CCOc1cc(/C=C(\C#N)C(=O)[O-])cc(Cl)c1OCC[NH+](C)C. The molecule has 0 heterocycles. The molecule has 0 unspecified atom stereocenters. The Bertz CT molecular complexity index is 636. The fraction of sp³-hybridized carbons (Fsp3) is 0.375. The minimum Gasteiger partial charge on any atom is -0.544 e. The van der Waals surface area contributed by atoms with Crippen LogP contribution in [-0.2, 0) is 4.79 Å². The van der Waals surface area contributed by atoms with Crippen LogP contribution >= 0.6 is 11.6 Å². The van der Waals surface area contributed by atoms with E-state index in [0.29, 0.717) is 30.3 Å². The molecule has 124 valence electrons. The maximum absolute atomic E-state index is 10.8. The third-order valence-corrected chi connectivity index (χ3v) is 3.11. The van der Waals surface area contributed by atoms with E-state index >= 15 is 0 Å². The van der Waals surface area contributed by atoms with Crippen LogP contribution in [0.25, 0.3) is 6.08 Å². The molecule has 0 fully saturated rings. The summed E-state index contributed by atoms with van der Waals surface area (Å²) < 4.78 is 11.2. The number of hydrogen-bond acceptors (Lipinski definition) is 5. The van der Waals surface area contributed by atoms with Crippen molar-refractivity contribution < 1.29 is 24.3 Å². The fourth-order valence-corrected chi connectivity index (χ4v) is 2.01. The van der Waals surface area contributed by atoms with Crippen LogP contribution in [0.4, 0.5) is 0 Å². The van der Waals surface area contributed by atoms with Gasteiger partial charge in [0.1, 0.15) is 19.2 Å². The summed E-state index contributed by atoms with van der Waals surface area (Å²) in [7, 11) is 4.01. The Morgan fingerprint density at radius 3 is 2.65 bits per heavy atom. The number of aliphatic carboxylic acids is 1. The molecule has 0 aliphatic heterocycles. The Labute approximate surface area is 140 Å². The van der Waals surface area contributed by atoms with E-state index in [1.165, 1.54) is 17.0 Å². The Kier molecular flexibility index (Phi) is 7.39. The van der Waals surface area contributed by atoms with E-state index in [1.54, 1.807) is 12.1 Å². The number of quaternary nitrogens is 1. The maximum atomic E-state index is 10.8. The van der Waals surface area contributed by atoms with Gasteiger partial charge in [0, 0.05) is 0 Å². The highest BCUT2D eigenvalue weighted by molar-refractivity contribution is 6.32. The number of rotatable bonds is 8. The van der Waals surface area contributed by atoms with Crippen molar-refractivity contribution in [2.75, 3.05) is 33.9 Å². The van der Waals surface area contributed by atoms with Gasteiger partial charge in [-0.3, -0.25) is 0 Å². The van der Waals surface area contributed by atoms with Crippen molar-refractivity contribution in [2.45, 2.75) is 6.92 Å². The molecule has 0 aliphatic rings. The molecule has 23 heavy (non-hydrogen) atoms. The summed E-state index contributed by atoms with van der Waals surface area (Å²) in [6.45, 7) is 3.45. The average Bonchev–Trinajstić information content (AvgIpc) is 2.47. The van der Waals surface area contributed by atoms with Crippen LogP contribution in [0.3, 0.4) is 0 Å². The monoisotopic (exact) mass is 338 g/mol. The van der Waals surface area contributed by atoms with Crippen LogP contribution < -0.4 is 19.5 Å². The minimum atomic E-state index is -1.55. The van der Waals surface area contributed by atoms with Crippen molar-refractivity contribution in [1.29, 1.82) is 5.26 Å². The third-order valence-electron chi connectivity index (χ3n) is 2.83. The number of halogens is 1. The van der Waals surface area contributed by atoms with Crippen LogP contribution in [0, 0.1) is 11.3 Å². The molecule has 7 heteroatoms. The fourth-order valence-electron chi connectivity index (χ4n) is 1.74. The van der Waals surface area contributed by atoms with Gasteiger partial charge in [-0.25, -0.2) is 0 Å². The number of ether oxygens (including phenoxy) is 2. The molecule has 0 saturated heterocycles. The van der Waals surface area contributed by atoms with Gasteiger partial charge in [-0.2, -0.15) is 5.26 Å². The Morgan fingerprint density at radius 2 is 2.13 bits per heavy atom. The smallest absolute Gasteiger partial charge is 0.180 e. The third kappa shape index (κ3) is 5.81. The molecule has 0 bridgehead atoms. The van der Waals surface area contributed by atoms with E-state index in [2.05, 4.69) is 0 Å². The summed E-state index contributed by atoms with van der Waals surface area (Å²) in [4.78, 5) is 12.0. The molecular formula is C16H19ClN2O4. The zero-order valence-electron chi connectivity index (χ0n) is 13.3. The second-order valence-electron chi connectivity index (χ2n) is 5.03. The molecule has 0 amide bonds. The van der Waals surface area contributed by atoms with Crippen LogP contribution in [0.15, 0.2) is 17.7 Å². The van der Waals surface area contributed by atoms with Gasteiger partial charge < -0.3 is 24.3 Å². The predicted molar refractivity (Wildman–Crippen MR) is 84.4 cm³/mol. The minimum absolute atomic E-state index is 0.284. The van der Waals surface area contributed by atoms with E-state index in [9.17, 15) is 9.90 Å². The van der Waals surface area contributed by atoms with Gasteiger partial charge in [0.25, 0.3) is 0 Å². The predicted octanol–water partition coefficient (Wildman–Crippen LogP) is -0.0811. The van der Waals surface area contributed by atoms with E-state index in [-0.39, 0.29) is 5.02 Å². The van der Waals surface area contributed by atoms with Crippen LogP contribution in [0.2, 0.25) is 5.02 Å². The van der Waals surface area contributed by atoms with Gasteiger partial charge in [0.05, 0.1) is 37.3 Å². The quantitative estimate of drug-likeness (QED) is 0.529. The van der Waals surface area contributed by atoms with Gasteiger partial charge in [0.15, 0.2) is 11.5 Å². The molecule has 0 aliphatic carbocycles. The number of carboxylic acids is 1. The van der Waals surface area contributed by atoms with Crippen molar-refractivity contribution >= 4 is 23.6 Å². The second-order valence-corrected chi connectivity index (χ2v) is 5.43. The van der Waals surface area contributed by atoms with E-state index in [1.807, 2.05) is 21.0 Å². The second kappa shape index (κ2) is 9.03. The highest BCUT2D eigenvalue weighted by Crippen LogP contribution is 2.37. The van der Waals surface area contributed by atoms with Crippen molar-refractivity contribution in [3.8, 4) is 17.6 Å². The molecular weight excluding hydrogens is 320 g/mol. The molecule has 6 nitrogen and oxygen atoms in total. The number of nitrogens with one attached hydrogen (secondary N) is 1. The lowest BCUT2D eigenvalue weighted by atomic mass is 10.1. The lowest BCUT2D eigenvalue weighted by Gasteiger charge is -2.15. The molecule has 1 N–H and O–H groups in total. The maximum Gasteiger partial charge on any atom is 0.180 e. The largest absolute Gasteiger partial charge is 0.544 e. The molecule has 1 aromatic carbocycles. The number of benzene rings is 1. The van der Waals surface area contributed by atoms with Gasteiger partial charge in [-0.05, 0) is 30.7 Å². The van der Waals surface area contributed by atoms with Crippen molar-refractivity contribution in [1.82, 2.24) is 0 Å². The first-order valence-corrected chi connectivity index (χ1v) is 7.48. The summed E-state index contributed by atoms with van der Waals surface area (Å²) >= 11 is 6.20. The topological polar surface area (TPSA) is 86.8 Å². The number of nitriles is 1. The Morgan fingerprint density at radius 1 is 1.43 bits per heavy atom. The summed E-state index contributed by atoms with van der Waals surface area (Å²) in [6.07, 6.45) is 1.18. The lowest BCUT2D eigenvalue weighted by molar-refractivity contribution is -0.858. The first-order valence-electron chi connectivity index (χ1n) is 7.10. The summed E-state index contributed by atoms with van der Waals surface area (Å²) in [5.74, 6) is -0.745. The van der Waals surface area contributed by atoms with Crippen molar-refractivity contribution in [2.24, 2.45) is 0 Å². The molecule has 1 rings (SSSR count). The van der Waals surface area contributed by atoms with Crippen molar-refractivity contribution in [3.63, 3.8) is 0 Å². The standard InChI is InChI=1S/C16H19ClN2O4/c1-4-22-14-9-11(7-12(10-18)16(20)21)8-13(17)15(14)23-6-5-19(2)3/h7-9H,4-6H2,1-3H3,(H,20,21)/b12-7+. The molecule has 0 aromatic heterocycles. The zero-order chi connectivity index (χ0) is 17.4. The Hall–Kier alpha value is -2.23.